The Bertz CT molecular complexity index is 393. The maximum atomic E-state index is 11.8. The Balaban J connectivity index is 2.61. The Kier molecular flexibility index (Phi) is 6.73. The zero-order valence-corrected chi connectivity index (χ0v) is 11.8. The summed E-state index contributed by atoms with van der Waals surface area (Å²) in [6, 6.07) is 3.32. The SMILES string of the molecule is CCCCCOC(=O)c1cc(Cl)nc(CCC)c1. The van der Waals surface area contributed by atoms with Gasteiger partial charge in [0, 0.05) is 5.69 Å². The highest BCUT2D eigenvalue weighted by molar-refractivity contribution is 6.29. The molecular formula is C14H20ClNO2. The number of aromatic nitrogens is 1. The van der Waals surface area contributed by atoms with Gasteiger partial charge < -0.3 is 4.74 Å². The lowest BCUT2D eigenvalue weighted by molar-refractivity contribution is 0.0498. The molecule has 1 aromatic rings. The summed E-state index contributed by atoms with van der Waals surface area (Å²) in [7, 11) is 0. The smallest absolute Gasteiger partial charge is 0.338 e. The summed E-state index contributed by atoms with van der Waals surface area (Å²) < 4.78 is 5.19. The fourth-order valence-electron chi connectivity index (χ4n) is 1.65. The van der Waals surface area contributed by atoms with Gasteiger partial charge in [0.15, 0.2) is 0 Å². The second-order valence-corrected chi connectivity index (χ2v) is 4.65. The third kappa shape index (κ3) is 5.05. The van der Waals surface area contributed by atoms with Gasteiger partial charge in [-0.25, -0.2) is 9.78 Å². The van der Waals surface area contributed by atoms with Gasteiger partial charge in [0.2, 0.25) is 0 Å². The number of hydrogen-bond acceptors (Lipinski definition) is 3. The van der Waals surface area contributed by atoms with Crippen molar-refractivity contribution in [1.29, 1.82) is 0 Å². The molecule has 0 unspecified atom stereocenters. The second-order valence-electron chi connectivity index (χ2n) is 4.26. The van der Waals surface area contributed by atoms with E-state index in [2.05, 4.69) is 18.8 Å². The van der Waals surface area contributed by atoms with Gasteiger partial charge in [-0.3, -0.25) is 0 Å². The molecule has 0 bridgehead atoms. The fourth-order valence-corrected chi connectivity index (χ4v) is 1.88. The zero-order valence-electron chi connectivity index (χ0n) is 11.0. The minimum absolute atomic E-state index is 0.312. The van der Waals surface area contributed by atoms with E-state index in [9.17, 15) is 4.79 Å². The summed E-state index contributed by atoms with van der Waals surface area (Å²) in [6.07, 6.45) is 4.88. The highest BCUT2D eigenvalue weighted by Crippen LogP contribution is 2.13. The van der Waals surface area contributed by atoms with E-state index < -0.39 is 0 Å². The monoisotopic (exact) mass is 269 g/mol. The Labute approximate surface area is 114 Å². The van der Waals surface area contributed by atoms with Crippen molar-refractivity contribution in [3.05, 3.63) is 28.5 Å². The molecule has 0 saturated heterocycles. The standard InChI is InChI=1S/C14H20ClNO2/c1-3-5-6-8-18-14(17)11-9-12(7-4-2)16-13(15)10-11/h9-10H,3-8H2,1-2H3. The molecule has 0 spiro atoms. The lowest BCUT2D eigenvalue weighted by atomic mass is 10.1. The number of rotatable bonds is 7. The highest BCUT2D eigenvalue weighted by atomic mass is 35.5. The van der Waals surface area contributed by atoms with Crippen LogP contribution < -0.4 is 0 Å². The number of halogens is 1. The normalized spacial score (nSPS) is 10.4. The molecule has 1 aromatic heterocycles. The molecule has 0 fully saturated rings. The third-order valence-corrected chi connectivity index (χ3v) is 2.76. The van der Waals surface area contributed by atoms with E-state index in [1.165, 1.54) is 0 Å². The van der Waals surface area contributed by atoms with E-state index in [-0.39, 0.29) is 5.97 Å². The van der Waals surface area contributed by atoms with Crippen molar-refractivity contribution in [2.75, 3.05) is 6.61 Å². The maximum Gasteiger partial charge on any atom is 0.338 e. The van der Waals surface area contributed by atoms with Crippen LogP contribution in [-0.4, -0.2) is 17.6 Å². The van der Waals surface area contributed by atoms with Crippen LogP contribution in [0.4, 0.5) is 0 Å². The van der Waals surface area contributed by atoms with E-state index in [0.717, 1.165) is 37.8 Å². The van der Waals surface area contributed by atoms with Crippen molar-refractivity contribution in [2.24, 2.45) is 0 Å². The van der Waals surface area contributed by atoms with E-state index in [1.807, 2.05) is 0 Å². The zero-order chi connectivity index (χ0) is 13.4. The first-order valence-electron chi connectivity index (χ1n) is 6.51. The van der Waals surface area contributed by atoms with Crippen LogP contribution in [0, 0.1) is 0 Å². The lowest BCUT2D eigenvalue weighted by Crippen LogP contribution is -2.08. The van der Waals surface area contributed by atoms with Crippen LogP contribution in [0.25, 0.3) is 0 Å². The van der Waals surface area contributed by atoms with Crippen LogP contribution >= 0.6 is 11.6 Å². The van der Waals surface area contributed by atoms with E-state index in [0.29, 0.717) is 17.3 Å². The molecule has 0 aliphatic carbocycles. The molecule has 0 atom stereocenters. The molecule has 0 aliphatic heterocycles. The number of hydrogen-bond donors (Lipinski definition) is 0. The van der Waals surface area contributed by atoms with Crippen LogP contribution in [0.5, 0.6) is 0 Å². The molecule has 0 amide bonds. The van der Waals surface area contributed by atoms with E-state index in [4.69, 9.17) is 16.3 Å². The summed E-state index contributed by atoms with van der Waals surface area (Å²) in [5, 5.41) is 0.349. The molecule has 0 saturated carbocycles. The van der Waals surface area contributed by atoms with Crippen molar-refractivity contribution in [1.82, 2.24) is 4.98 Å². The number of esters is 1. The predicted octanol–water partition coefficient (Wildman–Crippen LogP) is 4.03. The summed E-state index contributed by atoms with van der Waals surface area (Å²) in [4.78, 5) is 16.0. The number of carbonyl (C=O) groups is 1. The van der Waals surface area contributed by atoms with Crippen LogP contribution in [0.1, 0.15) is 55.6 Å². The first-order chi connectivity index (χ1) is 8.67. The largest absolute Gasteiger partial charge is 0.462 e. The van der Waals surface area contributed by atoms with Gasteiger partial charge in [-0.1, -0.05) is 44.7 Å². The molecule has 0 radical (unpaired) electrons. The lowest BCUT2D eigenvalue weighted by Gasteiger charge is -2.06. The van der Waals surface area contributed by atoms with Crippen LogP contribution in [0.3, 0.4) is 0 Å². The van der Waals surface area contributed by atoms with E-state index in [1.54, 1.807) is 12.1 Å². The Morgan fingerprint density at radius 2 is 2.06 bits per heavy atom. The number of ether oxygens (including phenoxy) is 1. The number of unbranched alkanes of at least 4 members (excludes halogenated alkanes) is 2. The van der Waals surface area contributed by atoms with Crippen molar-refractivity contribution < 1.29 is 9.53 Å². The summed E-state index contributed by atoms with van der Waals surface area (Å²) in [5.74, 6) is -0.312. The van der Waals surface area contributed by atoms with Crippen LogP contribution in [0.2, 0.25) is 5.15 Å². The number of carbonyl (C=O) groups excluding carboxylic acids is 1. The third-order valence-electron chi connectivity index (χ3n) is 2.57. The fraction of sp³-hybridized carbons (Fsp3) is 0.571. The predicted molar refractivity (Wildman–Crippen MR) is 73.0 cm³/mol. The first kappa shape index (κ1) is 15.0. The first-order valence-corrected chi connectivity index (χ1v) is 6.88. The quantitative estimate of drug-likeness (QED) is 0.426. The van der Waals surface area contributed by atoms with Gasteiger partial charge in [0.1, 0.15) is 5.15 Å². The Morgan fingerprint density at radius 1 is 1.28 bits per heavy atom. The van der Waals surface area contributed by atoms with Crippen molar-refractivity contribution in [3.63, 3.8) is 0 Å². The molecule has 18 heavy (non-hydrogen) atoms. The number of nitrogens with zero attached hydrogens (tertiary/aromatic N) is 1. The number of aryl methyl sites for hydroxylation is 1. The second kappa shape index (κ2) is 8.09. The Morgan fingerprint density at radius 3 is 2.72 bits per heavy atom. The molecular weight excluding hydrogens is 250 g/mol. The van der Waals surface area contributed by atoms with Crippen LogP contribution in [-0.2, 0) is 11.2 Å². The highest BCUT2D eigenvalue weighted by Gasteiger charge is 2.10. The van der Waals surface area contributed by atoms with Gasteiger partial charge in [-0.05, 0) is 25.0 Å². The molecule has 3 nitrogen and oxygen atoms in total. The maximum absolute atomic E-state index is 11.8. The molecule has 100 valence electrons. The van der Waals surface area contributed by atoms with Crippen molar-refractivity contribution >= 4 is 17.6 Å². The minimum atomic E-state index is -0.312. The molecule has 1 heterocycles. The summed E-state index contributed by atoms with van der Waals surface area (Å²) in [5.41, 5.74) is 1.33. The van der Waals surface area contributed by atoms with Gasteiger partial charge in [0.25, 0.3) is 0 Å². The van der Waals surface area contributed by atoms with Crippen molar-refractivity contribution in [3.8, 4) is 0 Å². The van der Waals surface area contributed by atoms with Gasteiger partial charge in [-0.2, -0.15) is 0 Å². The van der Waals surface area contributed by atoms with Crippen molar-refractivity contribution in [2.45, 2.75) is 46.0 Å². The average Bonchev–Trinajstić information content (AvgIpc) is 2.34. The van der Waals surface area contributed by atoms with Gasteiger partial charge in [-0.15, -0.1) is 0 Å². The van der Waals surface area contributed by atoms with Gasteiger partial charge >= 0.3 is 5.97 Å². The minimum Gasteiger partial charge on any atom is -0.462 e. The molecule has 1 rings (SSSR count). The van der Waals surface area contributed by atoms with Gasteiger partial charge in [0.05, 0.1) is 12.2 Å². The summed E-state index contributed by atoms with van der Waals surface area (Å²) in [6.45, 7) is 4.64. The average molecular weight is 270 g/mol. The Hall–Kier alpha value is -1.09. The molecule has 0 N–H and O–H groups in total. The summed E-state index contributed by atoms with van der Waals surface area (Å²) >= 11 is 5.89. The molecule has 0 aliphatic rings. The number of pyridine rings is 1. The topological polar surface area (TPSA) is 39.2 Å². The molecule has 0 aromatic carbocycles. The van der Waals surface area contributed by atoms with Crippen LogP contribution in [0.15, 0.2) is 12.1 Å². The molecule has 4 heteroatoms. The van der Waals surface area contributed by atoms with E-state index >= 15 is 0 Å².